The zero-order valence-corrected chi connectivity index (χ0v) is 17.0. The van der Waals surface area contributed by atoms with Crippen molar-refractivity contribution in [3.63, 3.8) is 0 Å². The van der Waals surface area contributed by atoms with Gasteiger partial charge in [-0.05, 0) is 32.0 Å². The van der Waals surface area contributed by atoms with Crippen LogP contribution in [0.15, 0.2) is 50.7 Å². The number of rotatable bonds is 7. The van der Waals surface area contributed by atoms with Gasteiger partial charge in [-0.2, -0.15) is 0 Å². The molecule has 29 heavy (non-hydrogen) atoms. The van der Waals surface area contributed by atoms with Crippen LogP contribution in [0.25, 0.3) is 11.5 Å². The molecule has 1 amide bonds. The monoisotopic (exact) mass is 415 g/mol. The number of carbonyl (C=O) groups is 1. The first-order chi connectivity index (χ1) is 14.1. The van der Waals surface area contributed by atoms with Crippen molar-refractivity contribution in [2.75, 3.05) is 25.4 Å². The third-order valence-electron chi connectivity index (χ3n) is 4.54. The number of fused-ring (bicyclic) bond motifs is 1. The van der Waals surface area contributed by atoms with Crippen LogP contribution in [0.4, 0.5) is 0 Å². The average Bonchev–Trinajstić information content (AvgIpc) is 3.38. The molecular weight excluding hydrogens is 394 g/mol. The van der Waals surface area contributed by atoms with Crippen LogP contribution in [0.5, 0.6) is 11.5 Å². The van der Waals surface area contributed by atoms with Gasteiger partial charge in [0, 0.05) is 6.54 Å². The summed E-state index contributed by atoms with van der Waals surface area (Å²) in [6.07, 6.45) is 1.36. The Morgan fingerprint density at radius 1 is 1.24 bits per heavy atom. The molecule has 1 aliphatic heterocycles. The molecule has 1 aliphatic rings. The van der Waals surface area contributed by atoms with E-state index in [0.717, 1.165) is 11.3 Å². The number of para-hydroxylation sites is 2. The molecule has 0 saturated heterocycles. The van der Waals surface area contributed by atoms with E-state index in [4.69, 9.17) is 18.3 Å². The number of ether oxygens (including phenoxy) is 2. The normalized spacial score (nSPS) is 15.3. The predicted molar refractivity (Wildman–Crippen MR) is 106 cm³/mol. The van der Waals surface area contributed by atoms with Crippen LogP contribution in [-0.4, -0.2) is 52.6 Å². The number of amides is 1. The zero-order chi connectivity index (χ0) is 20.2. The summed E-state index contributed by atoms with van der Waals surface area (Å²) in [5.74, 6) is 2.69. The fourth-order valence-electron chi connectivity index (χ4n) is 3.00. The van der Waals surface area contributed by atoms with Crippen LogP contribution >= 0.6 is 11.8 Å². The van der Waals surface area contributed by atoms with Gasteiger partial charge in [0.2, 0.25) is 5.91 Å². The SMILES string of the molecule is CCN(C[C@H]1COc2ccccc2O1)C(=O)CSc1nnc(-c2ccoc2C)o1. The molecule has 4 rings (SSSR count). The summed E-state index contributed by atoms with van der Waals surface area (Å²) in [4.78, 5) is 14.4. The Hall–Kier alpha value is -2.94. The molecule has 0 spiro atoms. The Bertz CT molecular complexity index is 986. The number of aromatic nitrogens is 2. The minimum absolute atomic E-state index is 0.0285. The second-order valence-corrected chi connectivity index (χ2v) is 7.41. The van der Waals surface area contributed by atoms with Crippen molar-refractivity contribution >= 4 is 17.7 Å². The zero-order valence-electron chi connectivity index (χ0n) is 16.2. The molecule has 0 fully saturated rings. The van der Waals surface area contributed by atoms with E-state index in [1.807, 2.05) is 38.1 Å². The lowest BCUT2D eigenvalue weighted by atomic mass is 10.2. The van der Waals surface area contributed by atoms with Gasteiger partial charge in [-0.3, -0.25) is 4.79 Å². The smallest absolute Gasteiger partial charge is 0.277 e. The van der Waals surface area contributed by atoms with E-state index in [0.29, 0.717) is 42.3 Å². The van der Waals surface area contributed by atoms with Gasteiger partial charge in [0.1, 0.15) is 12.4 Å². The van der Waals surface area contributed by atoms with Crippen LogP contribution in [0.2, 0.25) is 0 Å². The topological polar surface area (TPSA) is 90.8 Å². The number of aryl methyl sites for hydroxylation is 1. The summed E-state index contributed by atoms with van der Waals surface area (Å²) in [6, 6.07) is 9.30. The Morgan fingerprint density at radius 3 is 2.83 bits per heavy atom. The first-order valence-electron chi connectivity index (χ1n) is 9.31. The predicted octanol–water partition coefficient (Wildman–Crippen LogP) is 3.42. The van der Waals surface area contributed by atoms with Crippen molar-refractivity contribution in [3.05, 3.63) is 42.4 Å². The van der Waals surface area contributed by atoms with Gasteiger partial charge in [-0.1, -0.05) is 23.9 Å². The number of nitrogens with zero attached hydrogens (tertiary/aromatic N) is 3. The highest BCUT2D eigenvalue weighted by molar-refractivity contribution is 7.99. The van der Waals surface area contributed by atoms with Gasteiger partial charge >= 0.3 is 0 Å². The molecule has 152 valence electrons. The lowest BCUT2D eigenvalue weighted by Crippen LogP contribution is -2.44. The van der Waals surface area contributed by atoms with Crippen molar-refractivity contribution in [1.82, 2.24) is 15.1 Å². The van der Waals surface area contributed by atoms with E-state index in [-0.39, 0.29) is 17.8 Å². The summed E-state index contributed by atoms with van der Waals surface area (Å²) < 4.78 is 22.6. The van der Waals surface area contributed by atoms with Crippen molar-refractivity contribution in [2.24, 2.45) is 0 Å². The van der Waals surface area contributed by atoms with Crippen LogP contribution in [-0.2, 0) is 4.79 Å². The molecule has 0 unspecified atom stereocenters. The molecule has 0 aliphatic carbocycles. The molecule has 0 N–H and O–H groups in total. The van der Waals surface area contributed by atoms with Crippen molar-refractivity contribution < 1.29 is 23.1 Å². The van der Waals surface area contributed by atoms with E-state index in [1.54, 1.807) is 17.2 Å². The van der Waals surface area contributed by atoms with Gasteiger partial charge < -0.3 is 23.2 Å². The molecular formula is C20H21N3O5S. The lowest BCUT2D eigenvalue weighted by molar-refractivity contribution is -0.129. The standard InChI is InChI=1S/C20H21N3O5S/c1-3-23(10-14-11-26-16-6-4-5-7-17(16)27-14)18(24)12-29-20-22-21-19(28-20)15-8-9-25-13(15)2/h4-9,14H,3,10-12H2,1-2H3/t14-/m0/s1. The fourth-order valence-corrected chi connectivity index (χ4v) is 3.67. The van der Waals surface area contributed by atoms with E-state index in [1.165, 1.54) is 11.8 Å². The minimum Gasteiger partial charge on any atom is -0.486 e. The van der Waals surface area contributed by atoms with Crippen molar-refractivity contribution in [3.8, 4) is 23.0 Å². The van der Waals surface area contributed by atoms with Gasteiger partial charge in [0.05, 0.1) is 24.1 Å². The van der Waals surface area contributed by atoms with E-state index >= 15 is 0 Å². The maximum Gasteiger partial charge on any atom is 0.277 e. The summed E-state index contributed by atoms with van der Waals surface area (Å²) in [6.45, 7) is 5.19. The molecule has 1 aromatic carbocycles. The Kier molecular flexibility index (Phi) is 5.75. The van der Waals surface area contributed by atoms with Crippen LogP contribution in [0.1, 0.15) is 12.7 Å². The quantitative estimate of drug-likeness (QED) is 0.542. The molecule has 0 bridgehead atoms. The van der Waals surface area contributed by atoms with Gasteiger partial charge in [0.15, 0.2) is 17.6 Å². The summed E-state index contributed by atoms with van der Waals surface area (Å²) in [5, 5.41) is 8.36. The maximum absolute atomic E-state index is 12.7. The van der Waals surface area contributed by atoms with Crippen molar-refractivity contribution in [1.29, 1.82) is 0 Å². The van der Waals surface area contributed by atoms with Crippen LogP contribution < -0.4 is 9.47 Å². The molecule has 3 heterocycles. The summed E-state index contributed by atoms with van der Waals surface area (Å²) >= 11 is 1.21. The second-order valence-electron chi connectivity index (χ2n) is 6.48. The first kappa shape index (κ1) is 19.4. The molecule has 8 nitrogen and oxygen atoms in total. The Balaban J connectivity index is 1.32. The number of benzene rings is 1. The van der Waals surface area contributed by atoms with Crippen LogP contribution in [0.3, 0.4) is 0 Å². The third-order valence-corrected chi connectivity index (χ3v) is 5.34. The summed E-state index contributed by atoms with van der Waals surface area (Å²) in [5.41, 5.74) is 0.751. The minimum atomic E-state index is -0.210. The molecule has 1 atom stereocenters. The van der Waals surface area contributed by atoms with E-state index < -0.39 is 0 Å². The maximum atomic E-state index is 12.7. The summed E-state index contributed by atoms with van der Waals surface area (Å²) in [7, 11) is 0. The van der Waals surface area contributed by atoms with E-state index in [9.17, 15) is 4.79 Å². The molecule has 0 radical (unpaired) electrons. The van der Waals surface area contributed by atoms with Gasteiger partial charge in [-0.25, -0.2) is 0 Å². The highest BCUT2D eigenvalue weighted by Crippen LogP contribution is 2.31. The number of carbonyl (C=O) groups excluding carboxylic acids is 1. The molecule has 0 saturated carbocycles. The molecule has 9 heteroatoms. The highest BCUT2D eigenvalue weighted by atomic mass is 32.2. The molecule has 3 aromatic rings. The average molecular weight is 415 g/mol. The Morgan fingerprint density at radius 2 is 2.07 bits per heavy atom. The highest BCUT2D eigenvalue weighted by Gasteiger charge is 2.25. The second kappa shape index (κ2) is 8.60. The number of hydrogen-bond donors (Lipinski definition) is 0. The number of furan rings is 1. The fraction of sp³-hybridized carbons (Fsp3) is 0.350. The van der Waals surface area contributed by atoms with Crippen LogP contribution in [0, 0.1) is 6.92 Å². The molecule has 2 aromatic heterocycles. The largest absolute Gasteiger partial charge is 0.486 e. The Labute approximate surface area is 172 Å². The number of likely N-dealkylation sites (N-methyl/N-ethyl adjacent to an activating group) is 1. The first-order valence-corrected chi connectivity index (χ1v) is 10.3. The number of hydrogen-bond acceptors (Lipinski definition) is 8. The number of thioether (sulfide) groups is 1. The van der Waals surface area contributed by atoms with Crippen molar-refractivity contribution in [2.45, 2.75) is 25.2 Å². The van der Waals surface area contributed by atoms with E-state index in [2.05, 4.69) is 10.2 Å². The van der Waals surface area contributed by atoms with Gasteiger partial charge in [-0.15, -0.1) is 10.2 Å². The van der Waals surface area contributed by atoms with Gasteiger partial charge in [0.25, 0.3) is 11.1 Å². The third kappa shape index (κ3) is 4.40. The lowest BCUT2D eigenvalue weighted by Gasteiger charge is -2.30.